The fraction of sp³-hybridized carbons (Fsp3) is 0.778. The maximum atomic E-state index is 13.3. The van der Waals surface area contributed by atoms with Crippen LogP contribution in [-0.4, -0.2) is 46.3 Å². The van der Waals surface area contributed by atoms with Crippen molar-refractivity contribution in [2.75, 3.05) is 19.6 Å². The van der Waals surface area contributed by atoms with Crippen molar-refractivity contribution in [2.45, 2.75) is 51.5 Å². The van der Waals surface area contributed by atoms with Crippen molar-refractivity contribution in [1.82, 2.24) is 20.0 Å². The van der Waals surface area contributed by atoms with E-state index in [9.17, 15) is 4.79 Å². The molecule has 0 spiro atoms. The summed E-state index contributed by atoms with van der Waals surface area (Å²) in [6.07, 6.45) is 8.86. The Kier molecular flexibility index (Phi) is 5.05. The lowest BCUT2D eigenvalue weighted by molar-refractivity contribution is -0.138. The molecule has 1 aliphatic carbocycles. The second-order valence-electron chi connectivity index (χ2n) is 7.64. The number of carbonyl (C=O) groups is 1. The van der Waals surface area contributed by atoms with Gasteiger partial charge in [-0.3, -0.25) is 9.48 Å². The minimum absolute atomic E-state index is 0.0542. The molecule has 5 heteroatoms. The van der Waals surface area contributed by atoms with Gasteiger partial charge in [0.2, 0.25) is 5.91 Å². The zero-order valence-electron chi connectivity index (χ0n) is 14.7. The number of nitrogens with one attached hydrogen (secondary N) is 1. The summed E-state index contributed by atoms with van der Waals surface area (Å²) < 4.78 is 1.83. The van der Waals surface area contributed by atoms with Crippen molar-refractivity contribution < 1.29 is 4.79 Å². The van der Waals surface area contributed by atoms with Crippen molar-refractivity contribution in [3.63, 3.8) is 0 Å². The summed E-state index contributed by atoms with van der Waals surface area (Å²) >= 11 is 0. The van der Waals surface area contributed by atoms with Gasteiger partial charge in [0.05, 0.1) is 12.1 Å². The summed E-state index contributed by atoms with van der Waals surface area (Å²) in [5.74, 6) is 1.18. The van der Waals surface area contributed by atoms with Gasteiger partial charge in [-0.15, -0.1) is 0 Å². The van der Waals surface area contributed by atoms with Gasteiger partial charge in [0, 0.05) is 44.8 Å². The number of carbonyl (C=O) groups excluding carboxylic acids is 1. The summed E-state index contributed by atoms with van der Waals surface area (Å²) in [5.41, 5.74) is 1.19. The standard InChI is InChI=1S/C18H30N4O/c1-13(2)11-22(15-6-4-5-7-15)18(23)17-10-19-9-16(17)14-8-20-21(3)12-14/h8,12-13,15-17,19H,4-7,9-11H2,1-3H3/t16-,17+/m1/s1. The van der Waals surface area contributed by atoms with E-state index in [2.05, 4.69) is 35.4 Å². The van der Waals surface area contributed by atoms with Gasteiger partial charge in [0.25, 0.3) is 0 Å². The van der Waals surface area contributed by atoms with Crippen LogP contribution in [0, 0.1) is 11.8 Å². The molecule has 1 amide bonds. The van der Waals surface area contributed by atoms with Crippen LogP contribution in [-0.2, 0) is 11.8 Å². The fourth-order valence-electron chi connectivity index (χ4n) is 4.16. The third-order valence-electron chi connectivity index (χ3n) is 5.29. The molecule has 2 fully saturated rings. The maximum Gasteiger partial charge on any atom is 0.227 e. The molecule has 3 rings (SSSR count). The van der Waals surface area contributed by atoms with Crippen LogP contribution in [0.2, 0.25) is 0 Å². The average molecular weight is 318 g/mol. The Labute approximate surface area is 139 Å². The topological polar surface area (TPSA) is 50.2 Å². The molecule has 2 heterocycles. The van der Waals surface area contributed by atoms with Gasteiger partial charge in [-0.25, -0.2) is 0 Å². The normalized spacial score (nSPS) is 25.4. The molecular weight excluding hydrogens is 288 g/mol. The Bertz CT molecular complexity index is 533. The van der Waals surface area contributed by atoms with Crippen LogP contribution in [0.15, 0.2) is 12.4 Å². The monoisotopic (exact) mass is 318 g/mol. The lowest BCUT2D eigenvalue weighted by Crippen LogP contribution is -2.45. The molecule has 2 atom stereocenters. The lowest BCUT2D eigenvalue weighted by Gasteiger charge is -2.34. The molecular formula is C18H30N4O. The first-order chi connectivity index (χ1) is 11.1. The highest BCUT2D eigenvalue weighted by Crippen LogP contribution is 2.32. The average Bonchev–Trinajstić information content (AvgIpc) is 3.24. The largest absolute Gasteiger partial charge is 0.339 e. The van der Waals surface area contributed by atoms with E-state index in [-0.39, 0.29) is 11.8 Å². The first-order valence-electron chi connectivity index (χ1n) is 9.06. The number of hydrogen-bond acceptors (Lipinski definition) is 3. The molecule has 1 aromatic rings. The van der Waals surface area contributed by atoms with Crippen molar-refractivity contribution in [3.8, 4) is 0 Å². The van der Waals surface area contributed by atoms with Crippen LogP contribution in [0.25, 0.3) is 0 Å². The second kappa shape index (κ2) is 7.04. The quantitative estimate of drug-likeness (QED) is 0.905. The number of amides is 1. The minimum Gasteiger partial charge on any atom is -0.339 e. The third-order valence-corrected chi connectivity index (χ3v) is 5.29. The van der Waals surface area contributed by atoms with E-state index in [0.717, 1.165) is 19.6 Å². The smallest absolute Gasteiger partial charge is 0.227 e. The van der Waals surface area contributed by atoms with E-state index in [1.165, 1.54) is 31.2 Å². The van der Waals surface area contributed by atoms with E-state index in [1.807, 2.05) is 17.9 Å². The number of rotatable bonds is 5. The van der Waals surface area contributed by atoms with Crippen molar-refractivity contribution >= 4 is 5.91 Å². The molecule has 1 aromatic heterocycles. The Hall–Kier alpha value is -1.36. The zero-order valence-corrected chi connectivity index (χ0v) is 14.7. The highest BCUT2D eigenvalue weighted by Gasteiger charge is 2.39. The van der Waals surface area contributed by atoms with E-state index in [0.29, 0.717) is 17.9 Å². The van der Waals surface area contributed by atoms with Gasteiger partial charge in [0.15, 0.2) is 0 Å². The van der Waals surface area contributed by atoms with Gasteiger partial charge in [-0.05, 0) is 24.3 Å². The summed E-state index contributed by atoms with van der Waals surface area (Å²) in [6.45, 7) is 6.98. The predicted octanol–water partition coefficient (Wildman–Crippen LogP) is 2.15. The number of nitrogens with zero attached hydrogens (tertiary/aromatic N) is 3. The van der Waals surface area contributed by atoms with E-state index >= 15 is 0 Å². The molecule has 1 saturated heterocycles. The van der Waals surface area contributed by atoms with Crippen LogP contribution >= 0.6 is 0 Å². The van der Waals surface area contributed by atoms with Gasteiger partial charge >= 0.3 is 0 Å². The minimum atomic E-state index is 0.0542. The number of aryl methyl sites for hydroxylation is 1. The van der Waals surface area contributed by atoms with Crippen molar-refractivity contribution in [2.24, 2.45) is 18.9 Å². The van der Waals surface area contributed by atoms with E-state index in [4.69, 9.17) is 0 Å². The highest BCUT2D eigenvalue weighted by atomic mass is 16.2. The summed E-state index contributed by atoms with van der Waals surface area (Å²) in [6, 6.07) is 0.458. The second-order valence-corrected chi connectivity index (χ2v) is 7.64. The Balaban J connectivity index is 1.77. The SMILES string of the molecule is CC(C)CN(C(=O)[C@H]1CNC[C@@H]1c1cnn(C)c1)C1CCCC1. The molecule has 1 saturated carbocycles. The number of hydrogen-bond donors (Lipinski definition) is 1. The van der Waals surface area contributed by atoms with Crippen molar-refractivity contribution in [1.29, 1.82) is 0 Å². The van der Waals surface area contributed by atoms with Crippen LogP contribution < -0.4 is 5.32 Å². The molecule has 2 aliphatic rings. The first-order valence-corrected chi connectivity index (χ1v) is 9.06. The molecule has 1 N–H and O–H groups in total. The molecule has 0 aromatic carbocycles. The van der Waals surface area contributed by atoms with Crippen LogP contribution in [0.4, 0.5) is 0 Å². The van der Waals surface area contributed by atoms with Gasteiger partial charge < -0.3 is 10.2 Å². The van der Waals surface area contributed by atoms with Gasteiger partial charge in [0.1, 0.15) is 0 Å². The zero-order chi connectivity index (χ0) is 16.4. The molecule has 0 unspecified atom stereocenters. The molecule has 23 heavy (non-hydrogen) atoms. The third kappa shape index (κ3) is 3.60. The lowest BCUT2D eigenvalue weighted by atomic mass is 9.89. The molecule has 1 aliphatic heterocycles. The van der Waals surface area contributed by atoms with E-state index in [1.54, 1.807) is 0 Å². The Morgan fingerprint density at radius 3 is 2.74 bits per heavy atom. The molecule has 0 radical (unpaired) electrons. The first kappa shape index (κ1) is 16.5. The molecule has 0 bridgehead atoms. The predicted molar refractivity (Wildman–Crippen MR) is 91.1 cm³/mol. The van der Waals surface area contributed by atoms with E-state index < -0.39 is 0 Å². The summed E-state index contributed by atoms with van der Waals surface area (Å²) in [5, 5.41) is 7.71. The van der Waals surface area contributed by atoms with Crippen LogP contribution in [0.1, 0.15) is 51.0 Å². The molecule has 5 nitrogen and oxygen atoms in total. The Morgan fingerprint density at radius 1 is 1.39 bits per heavy atom. The summed E-state index contributed by atoms with van der Waals surface area (Å²) in [7, 11) is 1.94. The summed E-state index contributed by atoms with van der Waals surface area (Å²) in [4.78, 5) is 15.5. The highest BCUT2D eigenvalue weighted by molar-refractivity contribution is 5.81. The van der Waals surface area contributed by atoms with Crippen molar-refractivity contribution in [3.05, 3.63) is 18.0 Å². The van der Waals surface area contributed by atoms with Gasteiger partial charge in [-0.1, -0.05) is 26.7 Å². The van der Waals surface area contributed by atoms with Gasteiger partial charge in [-0.2, -0.15) is 5.10 Å². The van der Waals surface area contributed by atoms with Crippen LogP contribution in [0.3, 0.4) is 0 Å². The molecule has 128 valence electrons. The maximum absolute atomic E-state index is 13.3. The van der Waals surface area contributed by atoms with Crippen LogP contribution in [0.5, 0.6) is 0 Å². The number of aromatic nitrogens is 2. The Morgan fingerprint density at radius 2 is 2.13 bits per heavy atom. The fourth-order valence-corrected chi connectivity index (χ4v) is 4.16.